The summed E-state index contributed by atoms with van der Waals surface area (Å²) < 4.78 is 4.52. The fourth-order valence-corrected chi connectivity index (χ4v) is 2.36. The number of aromatic hydroxyl groups is 3. The van der Waals surface area contributed by atoms with Crippen LogP contribution < -0.4 is 5.32 Å². The van der Waals surface area contributed by atoms with Crippen LogP contribution in [0.25, 0.3) is 0 Å². The molecule has 8 heteroatoms. The largest absolute Gasteiger partial charge is 0.504 e. The van der Waals surface area contributed by atoms with Crippen LogP contribution in [0.3, 0.4) is 0 Å². The van der Waals surface area contributed by atoms with Crippen molar-refractivity contribution in [3.8, 4) is 17.2 Å². The number of carbonyl (C=O) groups is 2. The number of alkyl carbamates (subject to hydrolysis) is 1. The van der Waals surface area contributed by atoms with Gasteiger partial charge in [-0.25, -0.2) is 4.79 Å². The molecule has 1 aromatic rings. The van der Waals surface area contributed by atoms with E-state index in [-0.39, 0.29) is 17.5 Å². The van der Waals surface area contributed by atoms with Gasteiger partial charge in [-0.05, 0) is 25.0 Å². The van der Waals surface area contributed by atoms with E-state index in [4.69, 9.17) is 0 Å². The van der Waals surface area contributed by atoms with Crippen molar-refractivity contribution >= 4 is 12.0 Å². The van der Waals surface area contributed by atoms with E-state index >= 15 is 0 Å². The molecule has 1 aliphatic heterocycles. The van der Waals surface area contributed by atoms with Crippen LogP contribution in [0.5, 0.6) is 17.2 Å². The Morgan fingerprint density at radius 1 is 1.18 bits per heavy atom. The number of phenolic OH excluding ortho intramolecular Hbond substituents is 3. The van der Waals surface area contributed by atoms with Gasteiger partial charge in [0.1, 0.15) is 0 Å². The molecule has 0 atom stereocenters. The maximum absolute atomic E-state index is 12.3. The summed E-state index contributed by atoms with van der Waals surface area (Å²) in [6, 6.07) is 2.16. The maximum Gasteiger partial charge on any atom is 0.407 e. The SMILES string of the molecule is COC(=O)NC1CCN(C(=O)c2cc(O)c(O)c(O)c2)CC1. The molecule has 1 aliphatic rings. The number of amides is 2. The number of methoxy groups -OCH3 is 1. The molecule has 1 aromatic carbocycles. The normalized spacial score (nSPS) is 15.4. The summed E-state index contributed by atoms with van der Waals surface area (Å²) in [5.74, 6) is -2.11. The second-order valence-corrected chi connectivity index (χ2v) is 5.07. The standard InChI is InChI=1S/C14H18N2O6/c1-22-14(21)15-9-2-4-16(5-3-9)13(20)8-6-10(17)12(19)11(18)7-8/h6-7,9,17-19H,2-5H2,1H3,(H,15,21). The fourth-order valence-electron chi connectivity index (χ4n) is 2.36. The molecule has 8 nitrogen and oxygen atoms in total. The van der Waals surface area contributed by atoms with E-state index in [0.717, 1.165) is 12.1 Å². The van der Waals surface area contributed by atoms with E-state index in [0.29, 0.717) is 25.9 Å². The Hall–Kier alpha value is -2.64. The molecule has 4 N–H and O–H groups in total. The molecule has 1 heterocycles. The monoisotopic (exact) mass is 310 g/mol. The molecular formula is C14H18N2O6. The van der Waals surface area contributed by atoms with Crippen molar-refractivity contribution in [3.05, 3.63) is 17.7 Å². The number of nitrogens with zero attached hydrogens (tertiary/aromatic N) is 1. The van der Waals surface area contributed by atoms with Gasteiger partial charge in [-0.3, -0.25) is 4.79 Å². The number of nitrogens with one attached hydrogen (secondary N) is 1. The molecule has 0 aromatic heterocycles. The molecule has 0 bridgehead atoms. The Kier molecular flexibility index (Phi) is 4.59. The van der Waals surface area contributed by atoms with Gasteiger partial charge in [-0.15, -0.1) is 0 Å². The number of hydrogen-bond donors (Lipinski definition) is 4. The average Bonchev–Trinajstić information content (AvgIpc) is 2.52. The summed E-state index contributed by atoms with van der Waals surface area (Å²) in [4.78, 5) is 25.0. The first-order valence-corrected chi connectivity index (χ1v) is 6.81. The van der Waals surface area contributed by atoms with Crippen LogP contribution in [0.1, 0.15) is 23.2 Å². The van der Waals surface area contributed by atoms with E-state index in [1.165, 1.54) is 7.11 Å². The predicted octanol–water partition coefficient (Wildman–Crippen LogP) is 0.764. The van der Waals surface area contributed by atoms with Gasteiger partial charge in [0.05, 0.1) is 7.11 Å². The minimum Gasteiger partial charge on any atom is -0.504 e. The minimum absolute atomic E-state index is 0.0573. The minimum atomic E-state index is -0.655. The summed E-state index contributed by atoms with van der Waals surface area (Å²) in [5, 5.41) is 30.9. The molecule has 120 valence electrons. The first kappa shape index (κ1) is 15.7. The quantitative estimate of drug-likeness (QED) is 0.599. The van der Waals surface area contributed by atoms with Gasteiger partial charge >= 0.3 is 6.09 Å². The van der Waals surface area contributed by atoms with Crippen LogP contribution >= 0.6 is 0 Å². The van der Waals surface area contributed by atoms with Crippen LogP contribution in [0, 0.1) is 0 Å². The van der Waals surface area contributed by atoms with E-state index < -0.39 is 23.3 Å². The number of piperidine rings is 1. The van der Waals surface area contributed by atoms with E-state index in [9.17, 15) is 24.9 Å². The molecule has 22 heavy (non-hydrogen) atoms. The topological polar surface area (TPSA) is 119 Å². The summed E-state index contributed by atoms with van der Waals surface area (Å²) in [6.45, 7) is 0.853. The molecule has 2 rings (SSSR count). The summed E-state index contributed by atoms with van der Waals surface area (Å²) in [7, 11) is 1.29. The zero-order valence-electron chi connectivity index (χ0n) is 12.1. The number of benzene rings is 1. The number of rotatable bonds is 2. The van der Waals surface area contributed by atoms with Crippen molar-refractivity contribution in [2.24, 2.45) is 0 Å². The first-order chi connectivity index (χ1) is 10.4. The molecule has 2 amide bonds. The lowest BCUT2D eigenvalue weighted by Gasteiger charge is -2.32. The molecule has 0 radical (unpaired) electrons. The van der Waals surface area contributed by atoms with Crippen molar-refractivity contribution in [2.45, 2.75) is 18.9 Å². The second-order valence-electron chi connectivity index (χ2n) is 5.07. The Balaban J connectivity index is 1.99. The van der Waals surface area contributed by atoms with Gasteiger partial charge in [0, 0.05) is 24.7 Å². The maximum atomic E-state index is 12.3. The lowest BCUT2D eigenvalue weighted by Crippen LogP contribution is -2.46. The van der Waals surface area contributed by atoms with Gasteiger partial charge in [0.2, 0.25) is 0 Å². The highest BCUT2D eigenvalue weighted by atomic mass is 16.5. The van der Waals surface area contributed by atoms with Crippen molar-refractivity contribution in [1.82, 2.24) is 10.2 Å². The highest BCUT2D eigenvalue weighted by molar-refractivity contribution is 5.95. The second kappa shape index (κ2) is 6.42. The summed E-state index contributed by atoms with van der Waals surface area (Å²) >= 11 is 0. The lowest BCUT2D eigenvalue weighted by atomic mass is 10.0. The van der Waals surface area contributed by atoms with Crippen molar-refractivity contribution in [2.75, 3.05) is 20.2 Å². The van der Waals surface area contributed by atoms with Crippen molar-refractivity contribution in [1.29, 1.82) is 0 Å². The zero-order chi connectivity index (χ0) is 16.3. The third-order valence-electron chi connectivity index (χ3n) is 3.61. The first-order valence-electron chi connectivity index (χ1n) is 6.81. The van der Waals surface area contributed by atoms with Crippen LogP contribution in [0.4, 0.5) is 4.79 Å². The van der Waals surface area contributed by atoms with Crippen LogP contribution in [0.2, 0.25) is 0 Å². The number of hydrogen-bond acceptors (Lipinski definition) is 6. The van der Waals surface area contributed by atoms with E-state index in [1.807, 2.05) is 0 Å². The lowest BCUT2D eigenvalue weighted by molar-refractivity contribution is 0.0703. The Morgan fingerprint density at radius 3 is 2.23 bits per heavy atom. The summed E-state index contributed by atoms with van der Waals surface area (Å²) in [6.07, 6.45) is 0.659. The molecule has 0 unspecified atom stereocenters. The van der Waals surface area contributed by atoms with Gasteiger partial charge < -0.3 is 30.3 Å². The van der Waals surface area contributed by atoms with Gasteiger partial charge in [0.25, 0.3) is 5.91 Å². The smallest absolute Gasteiger partial charge is 0.407 e. The summed E-state index contributed by atoms with van der Waals surface area (Å²) in [5.41, 5.74) is 0.0900. The molecule has 1 saturated heterocycles. The van der Waals surface area contributed by atoms with Crippen LogP contribution in [-0.2, 0) is 4.74 Å². The van der Waals surface area contributed by atoms with E-state index in [1.54, 1.807) is 4.90 Å². The predicted molar refractivity (Wildman–Crippen MR) is 75.9 cm³/mol. The molecule has 0 spiro atoms. The van der Waals surface area contributed by atoms with Crippen LogP contribution in [0.15, 0.2) is 12.1 Å². The number of likely N-dealkylation sites (tertiary alicyclic amines) is 1. The molecule has 1 fully saturated rings. The Morgan fingerprint density at radius 2 is 1.73 bits per heavy atom. The van der Waals surface area contributed by atoms with Crippen molar-refractivity contribution < 1.29 is 29.6 Å². The Labute approximate surface area is 126 Å². The fraction of sp³-hybridized carbons (Fsp3) is 0.429. The van der Waals surface area contributed by atoms with Gasteiger partial charge in [0.15, 0.2) is 17.2 Å². The highest BCUT2D eigenvalue weighted by Crippen LogP contribution is 2.35. The van der Waals surface area contributed by atoms with Gasteiger partial charge in [-0.2, -0.15) is 0 Å². The molecule has 0 saturated carbocycles. The van der Waals surface area contributed by atoms with Crippen molar-refractivity contribution in [3.63, 3.8) is 0 Å². The number of carbonyl (C=O) groups excluding carboxylic acids is 2. The van der Waals surface area contributed by atoms with E-state index in [2.05, 4.69) is 10.1 Å². The van der Waals surface area contributed by atoms with Gasteiger partial charge in [-0.1, -0.05) is 0 Å². The average molecular weight is 310 g/mol. The molecule has 0 aliphatic carbocycles. The van der Waals surface area contributed by atoms with Crippen LogP contribution in [-0.4, -0.2) is 58.5 Å². The number of phenols is 3. The molecular weight excluding hydrogens is 292 g/mol. The zero-order valence-corrected chi connectivity index (χ0v) is 12.1. The highest BCUT2D eigenvalue weighted by Gasteiger charge is 2.25. The Bertz CT molecular complexity index is 558. The third-order valence-corrected chi connectivity index (χ3v) is 3.61. The third kappa shape index (κ3) is 3.33. The number of ether oxygens (including phenoxy) is 1.